The minimum Gasteiger partial charge on any atom is -0.493 e. The van der Waals surface area contributed by atoms with Gasteiger partial charge in [0, 0.05) is 29.8 Å². The molecule has 0 unspecified atom stereocenters. The number of ether oxygens (including phenoxy) is 3. The number of hydrogen-bond acceptors (Lipinski definition) is 8. The van der Waals surface area contributed by atoms with Crippen LogP contribution in [0.25, 0.3) is 16.0 Å². The van der Waals surface area contributed by atoms with Gasteiger partial charge in [-0.1, -0.05) is 23.7 Å². The molecule has 2 heterocycles. The van der Waals surface area contributed by atoms with Crippen LogP contribution in [-0.2, 0) is 0 Å². The van der Waals surface area contributed by atoms with Crippen molar-refractivity contribution in [2.75, 3.05) is 14.2 Å². The summed E-state index contributed by atoms with van der Waals surface area (Å²) in [5.41, 5.74) is 1.41. The zero-order valence-electron chi connectivity index (χ0n) is 18.1. The Morgan fingerprint density at radius 1 is 1.21 bits per heavy atom. The number of carbonyl (C=O) groups is 1. The Balaban J connectivity index is 1.75. The van der Waals surface area contributed by atoms with E-state index >= 15 is 0 Å². The van der Waals surface area contributed by atoms with Crippen LogP contribution < -0.4 is 14.2 Å². The second kappa shape index (κ2) is 9.20. The maximum absolute atomic E-state index is 11.9. The molecule has 2 aromatic carbocycles. The van der Waals surface area contributed by atoms with Crippen LogP contribution in [0, 0.1) is 10.1 Å². The van der Waals surface area contributed by atoms with Gasteiger partial charge < -0.3 is 19.3 Å². The lowest BCUT2D eigenvalue weighted by atomic mass is 10.1. The van der Waals surface area contributed by atoms with Crippen LogP contribution in [0.5, 0.6) is 17.2 Å². The molecule has 1 atom stereocenters. The smallest absolute Gasteiger partial charge is 0.349 e. The molecule has 0 aliphatic heterocycles. The molecule has 0 saturated carbocycles. The van der Waals surface area contributed by atoms with Crippen molar-refractivity contribution in [3.05, 3.63) is 68.3 Å². The third kappa shape index (κ3) is 4.11. The fourth-order valence-electron chi connectivity index (χ4n) is 3.48. The van der Waals surface area contributed by atoms with Gasteiger partial charge in [-0.3, -0.25) is 14.7 Å². The lowest BCUT2D eigenvalue weighted by molar-refractivity contribution is -0.384. The number of methoxy groups -OCH3 is 2. The topological polar surface area (TPSA) is 126 Å². The van der Waals surface area contributed by atoms with Gasteiger partial charge in [-0.2, -0.15) is 0 Å². The summed E-state index contributed by atoms with van der Waals surface area (Å²) in [6.45, 7) is 1.64. The Morgan fingerprint density at radius 2 is 1.91 bits per heavy atom. The van der Waals surface area contributed by atoms with Gasteiger partial charge in [0.05, 0.1) is 30.2 Å². The van der Waals surface area contributed by atoms with E-state index in [9.17, 15) is 20.0 Å². The molecule has 4 aromatic rings. The first-order valence-corrected chi connectivity index (χ1v) is 11.0. The van der Waals surface area contributed by atoms with Crippen LogP contribution >= 0.6 is 22.9 Å². The van der Waals surface area contributed by atoms with Crippen LogP contribution in [0.1, 0.15) is 28.3 Å². The molecule has 2 aromatic heterocycles. The number of nitro groups is 1. The highest BCUT2D eigenvalue weighted by atomic mass is 35.5. The van der Waals surface area contributed by atoms with Crippen molar-refractivity contribution < 1.29 is 29.0 Å². The Kier molecular flexibility index (Phi) is 6.31. The molecule has 0 fully saturated rings. The number of carboxylic acids is 1. The van der Waals surface area contributed by atoms with E-state index in [2.05, 4.69) is 4.98 Å². The summed E-state index contributed by atoms with van der Waals surface area (Å²) in [6, 6.07) is 9.42. The van der Waals surface area contributed by atoms with Crippen molar-refractivity contribution in [2.24, 2.45) is 0 Å². The predicted octanol–water partition coefficient (Wildman–Crippen LogP) is 5.50. The minimum absolute atomic E-state index is 0.0364. The van der Waals surface area contributed by atoms with Crippen molar-refractivity contribution >= 4 is 45.6 Å². The molecule has 176 valence electrons. The first-order chi connectivity index (χ1) is 16.2. The number of hydrogen-bond donors (Lipinski definition) is 1. The Labute approximate surface area is 202 Å². The fourth-order valence-corrected chi connectivity index (χ4v) is 4.74. The van der Waals surface area contributed by atoms with E-state index in [1.165, 1.54) is 26.4 Å². The molecule has 34 heavy (non-hydrogen) atoms. The molecule has 0 radical (unpaired) electrons. The number of nitrogens with zero attached hydrogens (tertiary/aromatic N) is 3. The van der Waals surface area contributed by atoms with Crippen LogP contribution in [0.15, 0.2) is 42.7 Å². The summed E-state index contributed by atoms with van der Waals surface area (Å²) in [4.78, 5) is 26.9. The summed E-state index contributed by atoms with van der Waals surface area (Å²) in [7, 11) is 3.04. The van der Waals surface area contributed by atoms with E-state index in [-0.39, 0.29) is 21.3 Å². The SMILES string of the molecule is COc1cc2ncn(-c3cc(O[C@H](C)c4cccc([N+](=O)[O-])c4Cl)c(C(=O)O)s3)c2cc1OC. The first-order valence-electron chi connectivity index (χ1n) is 9.81. The molecular weight excluding hydrogens is 486 g/mol. The zero-order chi connectivity index (χ0) is 24.6. The van der Waals surface area contributed by atoms with Gasteiger partial charge >= 0.3 is 5.97 Å². The summed E-state index contributed by atoms with van der Waals surface area (Å²) >= 11 is 7.20. The summed E-state index contributed by atoms with van der Waals surface area (Å²) < 4.78 is 18.3. The van der Waals surface area contributed by atoms with Crippen LogP contribution in [-0.4, -0.2) is 39.8 Å². The number of nitro benzene ring substituents is 1. The van der Waals surface area contributed by atoms with E-state index in [1.807, 2.05) is 0 Å². The molecular formula is C22H18ClN3O7S. The van der Waals surface area contributed by atoms with Crippen LogP contribution in [0.2, 0.25) is 5.02 Å². The first kappa shape index (κ1) is 23.3. The molecule has 4 rings (SSSR count). The number of thiophene rings is 1. The molecule has 10 nitrogen and oxygen atoms in total. The highest BCUT2D eigenvalue weighted by Gasteiger charge is 2.24. The lowest BCUT2D eigenvalue weighted by Crippen LogP contribution is -2.07. The number of benzene rings is 2. The maximum Gasteiger partial charge on any atom is 0.349 e. The van der Waals surface area contributed by atoms with Gasteiger partial charge in [-0.25, -0.2) is 9.78 Å². The standard InChI is InChI=1S/C22H18ClN3O7S/c1-11(12-5-4-6-14(20(12)23)26(29)30)33-18-9-19(34-21(18)22(27)28)25-10-24-13-7-16(31-2)17(32-3)8-15(13)25/h4-11H,1-3H3,(H,27,28)/t11-/m1/s1. The third-order valence-corrected chi connectivity index (χ3v) is 6.63. The quantitative estimate of drug-likeness (QED) is 0.246. The monoisotopic (exact) mass is 503 g/mol. The molecule has 0 bridgehead atoms. The van der Waals surface area contributed by atoms with Crippen molar-refractivity contribution in [1.29, 1.82) is 0 Å². The highest BCUT2D eigenvalue weighted by Crippen LogP contribution is 2.40. The van der Waals surface area contributed by atoms with E-state index < -0.39 is 17.0 Å². The molecule has 1 N–H and O–H groups in total. The Hall–Kier alpha value is -3.83. The largest absolute Gasteiger partial charge is 0.493 e. The average molecular weight is 504 g/mol. The number of fused-ring (bicyclic) bond motifs is 1. The van der Waals surface area contributed by atoms with Gasteiger partial charge in [0.2, 0.25) is 0 Å². The number of rotatable bonds is 8. The molecule has 0 amide bonds. The fraction of sp³-hybridized carbons (Fsp3) is 0.182. The molecule has 0 spiro atoms. The number of imidazole rings is 1. The van der Waals surface area contributed by atoms with E-state index in [0.717, 1.165) is 11.3 Å². The Morgan fingerprint density at radius 3 is 2.56 bits per heavy atom. The lowest BCUT2D eigenvalue weighted by Gasteiger charge is -2.16. The van der Waals surface area contributed by atoms with Crippen molar-refractivity contribution in [2.45, 2.75) is 13.0 Å². The summed E-state index contributed by atoms with van der Waals surface area (Å²) in [6.07, 6.45) is 0.808. The molecule has 0 aliphatic rings. The number of halogens is 1. The second-order valence-electron chi connectivity index (χ2n) is 7.09. The molecule has 0 aliphatic carbocycles. The Bertz CT molecular complexity index is 1420. The number of aromatic nitrogens is 2. The van der Waals surface area contributed by atoms with Crippen LogP contribution in [0.4, 0.5) is 5.69 Å². The van der Waals surface area contributed by atoms with Gasteiger partial charge in [-0.05, 0) is 6.92 Å². The van der Waals surface area contributed by atoms with Gasteiger partial charge in [0.15, 0.2) is 16.4 Å². The third-order valence-electron chi connectivity index (χ3n) is 5.12. The predicted molar refractivity (Wildman–Crippen MR) is 126 cm³/mol. The summed E-state index contributed by atoms with van der Waals surface area (Å²) in [5.74, 6) is -0.0568. The summed E-state index contributed by atoms with van der Waals surface area (Å²) in [5, 5.41) is 21.4. The minimum atomic E-state index is -1.17. The van der Waals surface area contributed by atoms with Gasteiger partial charge in [0.25, 0.3) is 5.69 Å². The number of aromatic carboxylic acids is 1. The number of carboxylic acid groups (broad SMARTS) is 1. The van der Waals surface area contributed by atoms with Crippen molar-refractivity contribution in [3.63, 3.8) is 0 Å². The second-order valence-corrected chi connectivity index (χ2v) is 8.50. The van der Waals surface area contributed by atoms with Crippen molar-refractivity contribution in [1.82, 2.24) is 9.55 Å². The normalized spacial score (nSPS) is 11.9. The van der Waals surface area contributed by atoms with E-state index in [1.54, 1.807) is 42.1 Å². The van der Waals surface area contributed by atoms with E-state index in [0.29, 0.717) is 33.1 Å². The van der Waals surface area contributed by atoms with Gasteiger partial charge in [0.1, 0.15) is 28.2 Å². The van der Waals surface area contributed by atoms with E-state index in [4.69, 9.17) is 25.8 Å². The average Bonchev–Trinajstić information content (AvgIpc) is 3.41. The highest BCUT2D eigenvalue weighted by molar-refractivity contribution is 7.16. The van der Waals surface area contributed by atoms with Crippen LogP contribution in [0.3, 0.4) is 0 Å². The van der Waals surface area contributed by atoms with Gasteiger partial charge in [-0.15, -0.1) is 11.3 Å². The van der Waals surface area contributed by atoms with Crippen molar-refractivity contribution in [3.8, 4) is 22.2 Å². The maximum atomic E-state index is 11.9. The molecule has 12 heteroatoms. The molecule has 0 saturated heterocycles. The zero-order valence-corrected chi connectivity index (χ0v) is 19.7.